The van der Waals surface area contributed by atoms with E-state index in [0.29, 0.717) is 23.0 Å². The molecule has 2 aromatic rings. The van der Waals surface area contributed by atoms with E-state index in [1.54, 1.807) is 19.0 Å². The first kappa shape index (κ1) is 11.4. The molecule has 0 spiro atoms. The van der Waals surface area contributed by atoms with E-state index in [0.717, 1.165) is 0 Å². The third-order valence-corrected chi connectivity index (χ3v) is 2.64. The van der Waals surface area contributed by atoms with Crippen molar-refractivity contribution >= 4 is 17.1 Å². The smallest absolute Gasteiger partial charge is 0.329 e. The molecule has 0 aliphatic heterocycles. The van der Waals surface area contributed by atoms with Gasteiger partial charge in [0.15, 0.2) is 11.2 Å². The summed E-state index contributed by atoms with van der Waals surface area (Å²) < 4.78 is 8.18. The summed E-state index contributed by atoms with van der Waals surface area (Å²) in [5.74, 6) is 0.912. The van der Waals surface area contributed by atoms with Crippen molar-refractivity contribution in [1.82, 2.24) is 19.1 Å². The van der Waals surface area contributed by atoms with Gasteiger partial charge in [0.25, 0.3) is 0 Å². The maximum atomic E-state index is 11.8. The second kappa shape index (κ2) is 3.76. The number of imidazole rings is 1. The van der Waals surface area contributed by atoms with Crippen molar-refractivity contribution < 1.29 is 4.74 Å². The van der Waals surface area contributed by atoms with E-state index in [9.17, 15) is 4.79 Å². The Hall–Kier alpha value is -2.05. The fourth-order valence-corrected chi connectivity index (χ4v) is 1.69. The van der Waals surface area contributed by atoms with Gasteiger partial charge in [-0.2, -0.15) is 9.97 Å². The average molecular weight is 237 g/mol. The van der Waals surface area contributed by atoms with Crippen LogP contribution in [-0.2, 0) is 14.1 Å². The SMILES string of the molecule is COc1nc(N(C)C)nc2c1n(C)c(=O)n2C. The summed E-state index contributed by atoms with van der Waals surface area (Å²) in [4.78, 5) is 22.2. The Balaban J connectivity index is 2.93. The third-order valence-electron chi connectivity index (χ3n) is 2.64. The Labute approximate surface area is 98.3 Å². The number of ether oxygens (including phenoxy) is 1. The van der Waals surface area contributed by atoms with Crippen LogP contribution < -0.4 is 15.3 Å². The summed E-state index contributed by atoms with van der Waals surface area (Å²) in [5.41, 5.74) is 1.02. The molecule has 0 aromatic carbocycles. The summed E-state index contributed by atoms with van der Waals surface area (Å²) in [7, 11) is 8.55. The molecule has 0 aliphatic rings. The van der Waals surface area contributed by atoms with Gasteiger partial charge in [0.05, 0.1) is 7.11 Å². The number of hydrogen-bond donors (Lipinski definition) is 0. The minimum absolute atomic E-state index is 0.150. The summed E-state index contributed by atoms with van der Waals surface area (Å²) >= 11 is 0. The first-order valence-corrected chi connectivity index (χ1v) is 5.12. The van der Waals surface area contributed by atoms with Crippen LogP contribution in [0.1, 0.15) is 0 Å². The highest BCUT2D eigenvalue weighted by Crippen LogP contribution is 2.22. The molecule has 0 N–H and O–H groups in total. The van der Waals surface area contributed by atoms with Gasteiger partial charge in [0.2, 0.25) is 11.8 Å². The number of hydrogen-bond acceptors (Lipinski definition) is 5. The zero-order valence-electron chi connectivity index (χ0n) is 10.6. The molecule has 0 aliphatic carbocycles. The molecule has 0 unspecified atom stereocenters. The molecule has 0 saturated heterocycles. The second-order valence-corrected chi connectivity index (χ2v) is 4.00. The second-order valence-electron chi connectivity index (χ2n) is 4.00. The molecule has 2 aromatic heterocycles. The van der Waals surface area contributed by atoms with Crippen LogP contribution in [0.2, 0.25) is 0 Å². The highest BCUT2D eigenvalue weighted by Gasteiger charge is 2.17. The molecule has 0 fully saturated rings. The van der Waals surface area contributed by atoms with Gasteiger partial charge in [-0.3, -0.25) is 9.13 Å². The molecule has 2 heterocycles. The van der Waals surface area contributed by atoms with Gasteiger partial charge in [-0.1, -0.05) is 0 Å². The normalized spacial score (nSPS) is 10.9. The average Bonchev–Trinajstić information content (AvgIpc) is 2.53. The largest absolute Gasteiger partial charge is 0.479 e. The van der Waals surface area contributed by atoms with Crippen molar-refractivity contribution in [3.63, 3.8) is 0 Å². The number of methoxy groups -OCH3 is 1. The monoisotopic (exact) mass is 237 g/mol. The minimum atomic E-state index is -0.150. The predicted octanol–water partition coefficient (Wildman–Crippen LogP) is -0.258. The number of nitrogens with zero attached hydrogens (tertiary/aromatic N) is 5. The molecule has 7 heteroatoms. The number of anilines is 1. The van der Waals surface area contributed by atoms with Crippen LogP contribution in [0, 0.1) is 0 Å². The van der Waals surface area contributed by atoms with E-state index >= 15 is 0 Å². The molecule has 0 radical (unpaired) electrons. The van der Waals surface area contributed by atoms with E-state index < -0.39 is 0 Å². The number of aryl methyl sites for hydroxylation is 2. The lowest BCUT2D eigenvalue weighted by Crippen LogP contribution is -2.19. The van der Waals surface area contributed by atoms with Crippen molar-refractivity contribution in [1.29, 1.82) is 0 Å². The van der Waals surface area contributed by atoms with Crippen LogP contribution in [-0.4, -0.2) is 40.3 Å². The zero-order valence-corrected chi connectivity index (χ0v) is 10.6. The van der Waals surface area contributed by atoms with Gasteiger partial charge in [0, 0.05) is 28.2 Å². The molecule has 17 heavy (non-hydrogen) atoms. The quantitative estimate of drug-likeness (QED) is 0.720. The summed E-state index contributed by atoms with van der Waals surface area (Å²) in [6, 6.07) is 0. The Morgan fingerprint density at radius 3 is 2.35 bits per heavy atom. The van der Waals surface area contributed by atoms with Crippen molar-refractivity contribution in [3.05, 3.63) is 10.5 Å². The van der Waals surface area contributed by atoms with E-state index in [1.807, 2.05) is 14.1 Å². The van der Waals surface area contributed by atoms with Gasteiger partial charge in [-0.15, -0.1) is 0 Å². The Kier molecular flexibility index (Phi) is 2.53. The van der Waals surface area contributed by atoms with Crippen LogP contribution in [0.25, 0.3) is 11.2 Å². The van der Waals surface area contributed by atoms with Crippen LogP contribution in [0.15, 0.2) is 4.79 Å². The molecule has 92 valence electrons. The summed E-state index contributed by atoms with van der Waals surface area (Å²) in [6.07, 6.45) is 0. The van der Waals surface area contributed by atoms with Gasteiger partial charge < -0.3 is 9.64 Å². The number of rotatable bonds is 2. The molecule has 2 rings (SSSR count). The molecule has 0 atom stereocenters. The van der Waals surface area contributed by atoms with E-state index in [2.05, 4.69) is 9.97 Å². The lowest BCUT2D eigenvalue weighted by Gasteiger charge is -2.11. The third kappa shape index (κ3) is 1.54. The predicted molar refractivity (Wildman–Crippen MR) is 64.6 cm³/mol. The standard InChI is InChI=1S/C10H15N5O2/c1-13(2)9-11-7-6(8(12-9)17-5)14(3)10(16)15(7)4/h1-5H3. The fourth-order valence-electron chi connectivity index (χ4n) is 1.69. The molecule has 7 nitrogen and oxygen atoms in total. The van der Waals surface area contributed by atoms with Gasteiger partial charge in [0.1, 0.15) is 0 Å². The maximum absolute atomic E-state index is 11.8. The van der Waals surface area contributed by atoms with E-state index in [4.69, 9.17) is 4.74 Å². The van der Waals surface area contributed by atoms with Gasteiger partial charge >= 0.3 is 5.69 Å². The molecule has 0 amide bonds. The molecule has 0 saturated carbocycles. The first-order chi connectivity index (χ1) is 7.97. The lowest BCUT2D eigenvalue weighted by molar-refractivity contribution is 0.400. The maximum Gasteiger partial charge on any atom is 0.329 e. The van der Waals surface area contributed by atoms with Crippen LogP contribution in [0.3, 0.4) is 0 Å². The van der Waals surface area contributed by atoms with Crippen LogP contribution >= 0.6 is 0 Å². The fraction of sp³-hybridized carbons (Fsp3) is 0.500. The first-order valence-electron chi connectivity index (χ1n) is 5.12. The Bertz CT molecular complexity index is 626. The van der Waals surface area contributed by atoms with Crippen LogP contribution in [0.4, 0.5) is 5.95 Å². The van der Waals surface area contributed by atoms with E-state index in [1.165, 1.54) is 16.2 Å². The minimum Gasteiger partial charge on any atom is -0.479 e. The molecular formula is C10H15N5O2. The number of aromatic nitrogens is 4. The number of fused-ring (bicyclic) bond motifs is 1. The highest BCUT2D eigenvalue weighted by atomic mass is 16.5. The summed E-state index contributed by atoms with van der Waals surface area (Å²) in [5, 5.41) is 0. The Morgan fingerprint density at radius 1 is 1.18 bits per heavy atom. The van der Waals surface area contributed by atoms with Crippen molar-refractivity contribution in [2.24, 2.45) is 14.1 Å². The highest BCUT2D eigenvalue weighted by molar-refractivity contribution is 5.78. The zero-order chi connectivity index (χ0) is 12.7. The van der Waals surface area contributed by atoms with Crippen molar-refractivity contribution in [2.45, 2.75) is 0 Å². The van der Waals surface area contributed by atoms with Crippen molar-refractivity contribution in [3.8, 4) is 5.88 Å². The van der Waals surface area contributed by atoms with Gasteiger partial charge in [-0.05, 0) is 0 Å². The molecule has 0 bridgehead atoms. The van der Waals surface area contributed by atoms with Crippen LogP contribution in [0.5, 0.6) is 5.88 Å². The van der Waals surface area contributed by atoms with Gasteiger partial charge in [-0.25, -0.2) is 4.79 Å². The molecular weight excluding hydrogens is 222 g/mol. The van der Waals surface area contributed by atoms with E-state index in [-0.39, 0.29) is 5.69 Å². The summed E-state index contributed by atoms with van der Waals surface area (Å²) in [6.45, 7) is 0. The Morgan fingerprint density at radius 2 is 1.82 bits per heavy atom. The lowest BCUT2D eigenvalue weighted by atomic mass is 10.5. The topological polar surface area (TPSA) is 65.2 Å². The van der Waals surface area contributed by atoms with Crippen molar-refractivity contribution in [2.75, 3.05) is 26.1 Å².